The van der Waals surface area contributed by atoms with Gasteiger partial charge in [0.25, 0.3) is 5.91 Å². The molecule has 36 heavy (non-hydrogen) atoms. The molecule has 3 aromatic rings. The highest BCUT2D eigenvalue weighted by Crippen LogP contribution is 2.49. The molecule has 0 spiro atoms. The number of benzene rings is 1. The summed E-state index contributed by atoms with van der Waals surface area (Å²) in [5.74, 6) is -0.418. The minimum atomic E-state index is -4.27. The number of aliphatic hydroxyl groups excluding tert-OH is 1. The van der Waals surface area contributed by atoms with Crippen molar-refractivity contribution in [1.29, 1.82) is 0 Å². The Morgan fingerprint density at radius 1 is 1.17 bits per heavy atom. The first kappa shape index (κ1) is 24.3. The molecule has 1 saturated carbocycles. The van der Waals surface area contributed by atoms with Crippen LogP contribution in [0, 0.1) is 5.41 Å². The number of aromatic hydroxyl groups is 1. The Kier molecular flexibility index (Phi) is 6.25. The number of carbonyl (C=O) groups is 1. The van der Waals surface area contributed by atoms with Crippen LogP contribution in [0.15, 0.2) is 36.8 Å². The zero-order chi connectivity index (χ0) is 25.5. The lowest BCUT2D eigenvalue weighted by molar-refractivity contribution is -0.146. The van der Waals surface area contributed by atoms with Gasteiger partial charge in [0.1, 0.15) is 11.3 Å². The fourth-order valence-corrected chi connectivity index (χ4v) is 4.67. The predicted octanol–water partition coefficient (Wildman–Crippen LogP) is 2.69. The van der Waals surface area contributed by atoms with Gasteiger partial charge in [-0.15, -0.1) is 0 Å². The Bertz CT molecular complexity index is 1270. The van der Waals surface area contributed by atoms with Gasteiger partial charge in [-0.2, -0.15) is 18.3 Å². The molecular formula is C24H27F3N6O3. The van der Waals surface area contributed by atoms with E-state index < -0.39 is 18.6 Å². The van der Waals surface area contributed by atoms with Crippen LogP contribution in [-0.2, 0) is 6.42 Å². The molecule has 1 aliphatic carbocycles. The molecule has 1 saturated heterocycles. The molecule has 2 aromatic heterocycles. The first-order valence-electron chi connectivity index (χ1n) is 11.8. The van der Waals surface area contributed by atoms with Crippen molar-refractivity contribution in [1.82, 2.24) is 19.5 Å². The van der Waals surface area contributed by atoms with E-state index in [-0.39, 0.29) is 36.4 Å². The Morgan fingerprint density at radius 2 is 1.92 bits per heavy atom. The van der Waals surface area contributed by atoms with E-state index in [1.54, 1.807) is 30.6 Å². The highest BCUT2D eigenvalue weighted by molar-refractivity contribution is 6.09. The van der Waals surface area contributed by atoms with Gasteiger partial charge in [-0.05, 0) is 42.4 Å². The molecule has 1 aromatic carbocycles. The summed E-state index contributed by atoms with van der Waals surface area (Å²) < 4.78 is 39.9. The Balaban J connectivity index is 1.43. The van der Waals surface area contributed by atoms with Gasteiger partial charge in [0.05, 0.1) is 24.1 Å². The van der Waals surface area contributed by atoms with Crippen LogP contribution in [0.1, 0.15) is 28.8 Å². The zero-order valence-electron chi connectivity index (χ0n) is 19.5. The fourth-order valence-electron chi connectivity index (χ4n) is 4.67. The quantitative estimate of drug-likeness (QED) is 0.425. The molecule has 12 heteroatoms. The summed E-state index contributed by atoms with van der Waals surface area (Å²) in [7, 11) is 0. The SMILES string of the molecule is O=C(Nc1cc(CC2(CO)CC2)c(O)cc1N1CCN(CC(F)(F)F)CC1)c1cnn2cccnc12. The highest BCUT2D eigenvalue weighted by Gasteiger charge is 2.42. The molecule has 0 atom stereocenters. The van der Waals surface area contributed by atoms with E-state index in [4.69, 9.17) is 0 Å². The van der Waals surface area contributed by atoms with Gasteiger partial charge >= 0.3 is 6.18 Å². The molecular weight excluding hydrogens is 477 g/mol. The van der Waals surface area contributed by atoms with Crippen molar-refractivity contribution in [3.63, 3.8) is 0 Å². The van der Waals surface area contributed by atoms with Crippen LogP contribution >= 0.6 is 0 Å². The number of halogens is 3. The average Bonchev–Trinajstić information content (AvgIpc) is 3.48. The summed E-state index contributed by atoms with van der Waals surface area (Å²) in [6.07, 6.45) is 2.53. The maximum absolute atomic E-state index is 13.2. The van der Waals surface area contributed by atoms with Crippen LogP contribution in [0.2, 0.25) is 0 Å². The van der Waals surface area contributed by atoms with Gasteiger partial charge in [0.2, 0.25) is 0 Å². The number of fused-ring (bicyclic) bond motifs is 1. The standard InChI is InChI=1S/C24H27F3N6O3/c25-24(26,27)14-31-6-8-32(9-7-31)19-11-20(35)16(12-23(15-34)2-3-23)10-18(19)30-22(36)17-13-29-33-5-1-4-28-21(17)33/h1,4-5,10-11,13,34-35H,2-3,6-9,12,14-15H2,(H,30,36). The number of hydrogen-bond acceptors (Lipinski definition) is 7. The monoisotopic (exact) mass is 504 g/mol. The molecule has 2 fully saturated rings. The molecule has 9 nitrogen and oxygen atoms in total. The third-order valence-electron chi connectivity index (χ3n) is 6.94. The Morgan fingerprint density at radius 3 is 2.58 bits per heavy atom. The van der Waals surface area contributed by atoms with Crippen molar-refractivity contribution in [2.75, 3.05) is 49.5 Å². The second-order valence-electron chi connectivity index (χ2n) is 9.61. The number of carbonyl (C=O) groups excluding carboxylic acids is 1. The van der Waals surface area contributed by atoms with Crippen molar-refractivity contribution in [3.8, 4) is 5.75 Å². The highest BCUT2D eigenvalue weighted by atomic mass is 19.4. The van der Waals surface area contributed by atoms with Gasteiger partial charge in [-0.25, -0.2) is 9.50 Å². The first-order chi connectivity index (χ1) is 17.2. The number of phenols is 1. The Hall–Kier alpha value is -3.38. The summed E-state index contributed by atoms with van der Waals surface area (Å²) >= 11 is 0. The molecule has 5 rings (SSSR count). The molecule has 1 amide bonds. The summed E-state index contributed by atoms with van der Waals surface area (Å²) in [6.45, 7) is 0.0277. The van der Waals surface area contributed by atoms with Gasteiger partial charge < -0.3 is 20.4 Å². The number of phenolic OH excluding ortho intramolecular Hbond substituents is 1. The first-order valence-corrected chi connectivity index (χ1v) is 11.8. The molecule has 3 N–H and O–H groups in total. The number of nitrogens with one attached hydrogen (secondary N) is 1. The number of nitrogens with zero attached hydrogens (tertiary/aromatic N) is 5. The maximum atomic E-state index is 13.2. The van der Waals surface area contributed by atoms with E-state index in [2.05, 4.69) is 15.4 Å². The van der Waals surface area contributed by atoms with Gasteiger partial charge in [-0.1, -0.05) is 0 Å². The third kappa shape index (κ3) is 5.09. The summed E-state index contributed by atoms with van der Waals surface area (Å²) in [6, 6.07) is 4.94. The second-order valence-corrected chi connectivity index (χ2v) is 9.61. The molecule has 0 bridgehead atoms. The lowest BCUT2D eigenvalue weighted by Gasteiger charge is -2.37. The smallest absolute Gasteiger partial charge is 0.401 e. The van der Waals surface area contributed by atoms with Gasteiger partial charge in [0.15, 0.2) is 5.65 Å². The predicted molar refractivity (Wildman–Crippen MR) is 126 cm³/mol. The molecule has 0 unspecified atom stereocenters. The van der Waals surface area contributed by atoms with E-state index in [1.165, 1.54) is 15.6 Å². The molecule has 0 radical (unpaired) electrons. The number of alkyl halides is 3. The van der Waals surface area contributed by atoms with Crippen molar-refractivity contribution < 1.29 is 28.2 Å². The normalized spacial score (nSPS) is 17.9. The molecule has 2 aliphatic rings. The number of aliphatic hydroxyl groups is 1. The van der Waals surface area contributed by atoms with Crippen molar-refractivity contribution >= 4 is 22.9 Å². The van der Waals surface area contributed by atoms with E-state index >= 15 is 0 Å². The Labute approximate surface area is 205 Å². The van der Waals surface area contributed by atoms with Crippen LogP contribution in [0.25, 0.3) is 5.65 Å². The minimum absolute atomic E-state index is 0.00508. The number of aromatic nitrogens is 3. The van der Waals surface area contributed by atoms with Crippen LogP contribution in [0.3, 0.4) is 0 Å². The van der Waals surface area contributed by atoms with Crippen LogP contribution in [0.5, 0.6) is 5.75 Å². The van der Waals surface area contributed by atoms with Crippen molar-refractivity contribution in [2.45, 2.75) is 25.4 Å². The van der Waals surface area contributed by atoms with E-state index in [0.717, 1.165) is 12.8 Å². The largest absolute Gasteiger partial charge is 0.508 e. The van der Waals surface area contributed by atoms with Crippen molar-refractivity contribution in [3.05, 3.63) is 47.9 Å². The molecule has 1 aliphatic heterocycles. The second kappa shape index (κ2) is 9.25. The zero-order valence-corrected chi connectivity index (χ0v) is 19.5. The lowest BCUT2D eigenvalue weighted by atomic mass is 9.95. The number of hydrogen-bond donors (Lipinski definition) is 3. The van der Waals surface area contributed by atoms with Crippen LogP contribution in [-0.4, -0.2) is 81.1 Å². The number of anilines is 2. The molecule has 3 heterocycles. The number of amides is 1. The number of rotatable bonds is 7. The summed E-state index contributed by atoms with van der Waals surface area (Å²) in [4.78, 5) is 20.6. The number of piperazine rings is 1. The van der Waals surface area contributed by atoms with E-state index in [1.807, 2.05) is 4.90 Å². The summed E-state index contributed by atoms with van der Waals surface area (Å²) in [5, 5.41) is 27.6. The maximum Gasteiger partial charge on any atom is 0.401 e. The fraction of sp³-hybridized carbons (Fsp3) is 0.458. The third-order valence-corrected chi connectivity index (χ3v) is 6.94. The van der Waals surface area contributed by atoms with Gasteiger partial charge in [0, 0.05) is 51.2 Å². The van der Waals surface area contributed by atoms with Crippen molar-refractivity contribution in [2.24, 2.45) is 5.41 Å². The average molecular weight is 505 g/mol. The molecule has 192 valence electrons. The van der Waals surface area contributed by atoms with E-state index in [9.17, 15) is 28.2 Å². The minimum Gasteiger partial charge on any atom is -0.508 e. The van der Waals surface area contributed by atoms with Gasteiger partial charge in [-0.3, -0.25) is 9.69 Å². The lowest BCUT2D eigenvalue weighted by Crippen LogP contribution is -2.49. The topological polar surface area (TPSA) is 106 Å². The van der Waals surface area contributed by atoms with Crippen LogP contribution in [0.4, 0.5) is 24.5 Å². The van der Waals surface area contributed by atoms with E-state index in [0.29, 0.717) is 42.1 Å². The van der Waals surface area contributed by atoms with Crippen LogP contribution < -0.4 is 10.2 Å². The summed E-state index contributed by atoms with van der Waals surface area (Å²) in [5.41, 5.74) is 1.93.